The van der Waals surface area contributed by atoms with Crippen molar-refractivity contribution in [3.8, 4) is 0 Å². The number of piperidine rings is 1. The molecule has 0 spiro atoms. The average molecular weight is 375 g/mol. The fraction of sp³-hybridized carbons (Fsp3) is 0.632. The van der Waals surface area contributed by atoms with Crippen molar-refractivity contribution in [2.24, 2.45) is 7.05 Å². The quantitative estimate of drug-likeness (QED) is 0.801. The second kappa shape index (κ2) is 8.67. The van der Waals surface area contributed by atoms with Crippen LogP contribution in [0.3, 0.4) is 0 Å². The summed E-state index contributed by atoms with van der Waals surface area (Å²) in [5, 5.41) is 6.75. The maximum Gasteiger partial charge on any atom is 0.267 e. The molecule has 27 heavy (non-hydrogen) atoms. The molecule has 0 saturated carbocycles. The molecule has 0 bridgehead atoms. The summed E-state index contributed by atoms with van der Waals surface area (Å²) in [5.74, 6) is 1.11. The van der Waals surface area contributed by atoms with Gasteiger partial charge in [0.2, 0.25) is 5.89 Å². The van der Waals surface area contributed by atoms with Crippen LogP contribution in [-0.4, -0.2) is 45.7 Å². The monoisotopic (exact) mass is 375 g/mol. The number of ether oxygens (including phenoxy) is 1. The topological polar surface area (TPSA) is 85.4 Å². The number of amides is 1. The van der Waals surface area contributed by atoms with Crippen molar-refractivity contribution >= 4 is 5.91 Å². The summed E-state index contributed by atoms with van der Waals surface area (Å²) in [4.78, 5) is 18.9. The van der Waals surface area contributed by atoms with Crippen molar-refractivity contribution in [2.45, 2.75) is 51.8 Å². The van der Waals surface area contributed by atoms with Crippen LogP contribution in [0.15, 0.2) is 16.7 Å². The summed E-state index contributed by atoms with van der Waals surface area (Å²) >= 11 is 0. The van der Waals surface area contributed by atoms with Crippen molar-refractivity contribution in [1.29, 1.82) is 0 Å². The lowest BCUT2D eigenvalue weighted by atomic mass is 9.99. The maximum absolute atomic E-state index is 12.0. The molecule has 2 atom stereocenters. The Labute approximate surface area is 159 Å². The minimum absolute atomic E-state index is 0.0717. The molecule has 0 radical (unpaired) electrons. The van der Waals surface area contributed by atoms with E-state index in [4.69, 9.17) is 9.26 Å². The smallest absolute Gasteiger partial charge is 0.267 e. The predicted octanol–water partition coefficient (Wildman–Crippen LogP) is 2.59. The highest BCUT2D eigenvalue weighted by Crippen LogP contribution is 2.33. The van der Waals surface area contributed by atoms with Gasteiger partial charge < -0.3 is 19.1 Å². The molecule has 3 rings (SSSR count). The molecule has 1 amide bonds. The highest BCUT2D eigenvalue weighted by Gasteiger charge is 2.29. The molecule has 1 aliphatic rings. The van der Waals surface area contributed by atoms with Gasteiger partial charge >= 0.3 is 0 Å². The van der Waals surface area contributed by atoms with Crippen LogP contribution in [0.2, 0.25) is 0 Å². The van der Waals surface area contributed by atoms with E-state index in [9.17, 15) is 4.79 Å². The number of hydrogen-bond acceptors (Lipinski definition) is 6. The van der Waals surface area contributed by atoms with E-state index in [1.807, 2.05) is 37.6 Å². The van der Waals surface area contributed by atoms with Crippen LogP contribution >= 0.6 is 0 Å². The number of nitrogens with zero attached hydrogens (tertiary/aromatic N) is 4. The van der Waals surface area contributed by atoms with E-state index in [1.54, 1.807) is 7.05 Å². The number of carbonyl (C=O) groups excluding carboxylic acids is 1. The Morgan fingerprint density at radius 3 is 3.00 bits per heavy atom. The molecule has 8 heteroatoms. The molecule has 1 N–H and O–H groups in total. The lowest BCUT2D eigenvalue weighted by molar-refractivity contribution is 0.0683. The van der Waals surface area contributed by atoms with E-state index in [-0.39, 0.29) is 18.1 Å². The highest BCUT2D eigenvalue weighted by atomic mass is 16.5. The van der Waals surface area contributed by atoms with Crippen LogP contribution in [0, 0.1) is 0 Å². The second-order valence-corrected chi connectivity index (χ2v) is 6.91. The van der Waals surface area contributed by atoms with Crippen molar-refractivity contribution in [1.82, 2.24) is 24.9 Å². The molecule has 148 valence electrons. The van der Waals surface area contributed by atoms with Gasteiger partial charge in [-0.25, -0.2) is 0 Å². The first-order chi connectivity index (χ1) is 13.0. The predicted molar refractivity (Wildman–Crippen MR) is 100 cm³/mol. The van der Waals surface area contributed by atoms with Crippen LogP contribution in [0.4, 0.5) is 0 Å². The Bertz CT molecular complexity index is 769. The van der Waals surface area contributed by atoms with Gasteiger partial charge in [-0.3, -0.25) is 9.69 Å². The van der Waals surface area contributed by atoms with Crippen LogP contribution < -0.4 is 5.32 Å². The molecule has 1 aliphatic heterocycles. The van der Waals surface area contributed by atoms with Gasteiger partial charge in [-0.2, -0.15) is 4.98 Å². The number of carbonyl (C=O) groups is 1. The Hall–Kier alpha value is -2.19. The van der Waals surface area contributed by atoms with E-state index in [0.717, 1.165) is 31.5 Å². The molecule has 0 aromatic carbocycles. The largest absolute Gasteiger partial charge is 0.371 e. The maximum atomic E-state index is 12.0. The third kappa shape index (κ3) is 4.22. The molecule has 0 aliphatic carbocycles. The van der Waals surface area contributed by atoms with E-state index in [1.165, 1.54) is 0 Å². The molecule has 2 unspecified atom stereocenters. The first kappa shape index (κ1) is 19.6. The van der Waals surface area contributed by atoms with Gasteiger partial charge in [0.15, 0.2) is 5.82 Å². The van der Waals surface area contributed by atoms with Gasteiger partial charge in [0.1, 0.15) is 11.8 Å². The lowest BCUT2D eigenvalue weighted by Crippen LogP contribution is -2.34. The summed E-state index contributed by atoms with van der Waals surface area (Å²) in [6.45, 7) is 6.04. The van der Waals surface area contributed by atoms with E-state index in [0.29, 0.717) is 30.6 Å². The first-order valence-corrected chi connectivity index (χ1v) is 9.61. The number of nitrogens with one attached hydrogen (secondary N) is 1. The zero-order chi connectivity index (χ0) is 19.4. The first-order valence-electron chi connectivity index (χ1n) is 9.61. The van der Waals surface area contributed by atoms with Gasteiger partial charge in [0, 0.05) is 26.4 Å². The van der Waals surface area contributed by atoms with E-state index < -0.39 is 0 Å². The standard InChI is InChI=1S/C19H29N5O3/c1-5-26-13(2)18-21-17(27-22-18)12-24-11-7-6-8-15(24)14-9-10-16(23(14)4)19(25)20-3/h9-10,13,15H,5-8,11-12H2,1-4H3,(H,20,25). The molecule has 2 aromatic rings. The van der Waals surface area contributed by atoms with Crippen LogP contribution in [0.5, 0.6) is 0 Å². The molecular weight excluding hydrogens is 346 g/mol. The zero-order valence-electron chi connectivity index (χ0n) is 16.6. The van der Waals surface area contributed by atoms with Gasteiger partial charge in [-0.05, 0) is 45.4 Å². The minimum Gasteiger partial charge on any atom is -0.371 e. The van der Waals surface area contributed by atoms with Crippen molar-refractivity contribution in [3.05, 3.63) is 35.2 Å². The van der Waals surface area contributed by atoms with E-state index >= 15 is 0 Å². The third-order valence-electron chi connectivity index (χ3n) is 5.18. The highest BCUT2D eigenvalue weighted by molar-refractivity contribution is 5.92. The van der Waals surface area contributed by atoms with Gasteiger partial charge in [0.25, 0.3) is 5.91 Å². The molecular formula is C19H29N5O3. The molecule has 8 nitrogen and oxygen atoms in total. The lowest BCUT2D eigenvalue weighted by Gasteiger charge is -2.35. The summed E-state index contributed by atoms with van der Waals surface area (Å²) < 4.78 is 13.0. The van der Waals surface area contributed by atoms with Gasteiger partial charge in [-0.15, -0.1) is 0 Å². The zero-order valence-corrected chi connectivity index (χ0v) is 16.6. The van der Waals surface area contributed by atoms with Crippen LogP contribution in [0.1, 0.15) is 73.2 Å². The Morgan fingerprint density at radius 1 is 1.44 bits per heavy atom. The van der Waals surface area contributed by atoms with Crippen LogP contribution in [-0.2, 0) is 18.3 Å². The third-order valence-corrected chi connectivity index (χ3v) is 5.18. The van der Waals surface area contributed by atoms with Crippen molar-refractivity contribution in [3.63, 3.8) is 0 Å². The van der Waals surface area contributed by atoms with E-state index in [2.05, 4.69) is 20.4 Å². The Morgan fingerprint density at radius 2 is 2.26 bits per heavy atom. The summed E-state index contributed by atoms with van der Waals surface area (Å²) in [6.07, 6.45) is 3.17. The molecule has 1 fully saturated rings. The van der Waals surface area contributed by atoms with Gasteiger partial charge in [-0.1, -0.05) is 11.6 Å². The Balaban J connectivity index is 1.77. The number of rotatable bonds is 7. The van der Waals surface area contributed by atoms with Crippen LogP contribution in [0.25, 0.3) is 0 Å². The summed E-state index contributed by atoms with van der Waals surface area (Å²) in [6, 6.07) is 4.15. The van der Waals surface area contributed by atoms with Crippen molar-refractivity contribution in [2.75, 3.05) is 20.2 Å². The number of likely N-dealkylation sites (tertiary alicyclic amines) is 1. The normalized spacial score (nSPS) is 19.2. The van der Waals surface area contributed by atoms with Gasteiger partial charge in [0.05, 0.1) is 12.6 Å². The summed E-state index contributed by atoms with van der Waals surface area (Å²) in [5.41, 5.74) is 1.80. The molecule has 2 aromatic heterocycles. The molecule has 3 heterocycles. The van der Waals surface area contributed by atoms with Crippen molar-refractivity contribution < 1.29 is 14.1 Å². The minimum atomic E-state index is -0.173. The Kier molecular flexibility index (Phi) is 6.28. The SMILES string of the molecule is CCOC(C)c1noc(CN2CCCCC2c2ccc(C(=O)NC)n2C)n1. The average Bonchev–Trinajstić information content (AvgIpc) is 3.29. The number of hydrogen-bond donors (Lipinski definition) is 1. The fourth-order valence-electron chi connectivity index (χ4n) is 3.73. The fourth-order valence-corrected chi connectivity index (χ4v) is 3.73. The summed E-state index contributed by atoms with van der Waals surface area (Å²) in [7, 11) is 3.60. The molecule has 1 saturated heterocycles. The second-order valence-electron chi connectivity index (χ2n) is 6.91. The number of aromatic nitrogens is 3.